The molecule has 2 rings (SSSR count). The van der Waals surface area contributed by atoms with Crippen molar-refractivity contribution in [1.82, 2.24) is 10.3 Å². The number of nitrogens with one attached hydrogen (secondary N) is 1. The molecule has 1 aromatic heterocycles. The molecule has 0 bridgehead atoms. The number of ether oxygens (including phenoxy) is 2. The van der Waals surface area contributed by atoms with Gasteiger partial charge in [-0.05, 0) is 6.07 Å². The van der Waals surface area contributed by atoms with Crippen LogP contribution in [-0.4, -0.2) is 18.1 Å². The molecule has 5 heteroatoms. The first-order valence-corrected chi connectivity index (χ1v) is 7.47. The van der Waals surface area contributed by atoms with Crippen molar-refractivity contribution in [2.75, 3.05) is 7.11 Å². The second-order valence-corrected chi connectivity index (χ2v) is 5.74. The van der Waals surface area contributed by atoms with Gasteiger partial charge in [0.1, 0.15) is 18.1 Å². The van der Waals surface area contributed by atoms with Gasteiger partial charge >= 0.3 is 0 Å². The third-order valence-electron chi connectivity index (χ3n) is 2.83. The highest BCUT2D eigenvalue weighted by molar-refractivity contribution is 7.09. The Balaban J connectivity index is 2.09. The molecule has 0 radical (unpaired) electrons. The minimum absolute atomic E-state index is 0.437. The summed E-state index contributed by atoms with van der Waals surface area (Å²) < 4.78 is 11.2. The van der Waals surface area contributed by atoms with Gasteiger partial charge in [-0.2, -0.15) is 0 Å². The zero-order chi connectivity index (χ0) is 14.4. The number of benzene rings is 1. The molecule has 1 aromatic carbocycles. The van der Waals surface area contributed by atoms with E-state index in [2.05, 4.69) is 24.1 Å². The Bertz CT molecular complexity index is 527. The van der Waals surface area contributed by atoms with Crippen LogP contribution in [0.4, 0.5) is 0 Å². The van der Waals surface area contributed by atoms with Crippen LogP contribution in [0.2, 0.25) is 0 Å². The highest BCUT2D eigenvalue weighted by Crippen LogP contribution is 2.26. The maximum absolute atomic E-state index is 5.91. The molecule has 108 valence electrons. The molecule has 20 heavy (non-hydrogen) atoms. The third kappa shape index (κ3) is 4.21. The third-order valence-corrected chi connectivity index (χ3v) is 3.58. The Morgan fingerprint density at radius 2 is 2.20 bits per heavy atom. The highest BCUT2D eigenvalue weighted by atomic mass is 32.1. The van der Waals surface area contributed by atoms with Crippen LogP contribution in [0.5, 0.6) is 11.5 Å². The molecule has 2 aromatic rings. The van der Waals surface area contributed by atoms with Crippen LogP contribution in [0.15, 0.2) is 29.9 Å². The summed E-state index contributed by atoms with van der Waals surface area (Å²) in [5, 5.41) is 3.40. The minimum Gasteiger partial charge on any atom is -0.497 e. The van der Waals surface area contributed by atoms with Crippen molar-refractivity contribution < 1.29 is 9.47 Å². The van der Waals surface area contributed by atoms with Gasteiger partial charge in [-0.25, -0.2) is 0 Å². The molecule has 0 fully saturated rings. The molecule has 4 nitrogen and oxygen atoms in total. The molecule has 0 saturated carbocycles. The summed E-state index contributed by atoms with van der Waals surface area (Å²) in [7, 11) is 1.66. The molecule has 0 unspecified atom stereocenters. The van der Waals surface area contributed by atoms with Gasteiger partial charge in [0, 0.05) is 30.4 Å². The molecule has 0 saturated heterocycles. The van der Waals surface area contributed by atoms with E-state index in [4.69, 9.17) is 9.47 Å². The average molecular weight is 292 g/mol. The van der Waals surface area contributed by atoms with E-state index >= 15 is 0 Å². The van der Waals surface area contributed by atoms with Crippen molar-refractivity contribution in [2.24, 2.45) is 0 Å². The van der Waals surface area contributed by atoms with Crippen LogP contribution in [0.3, 0.4) is 0 Å². The van der Waals surface area contributed by atoms with E-state index in [-0.39, 0.29) is 0 Å². The first-order chi connectivity index (χ1) is 9.69. The van der Waals surface area contributed by atoms with E-state index < -0.39 is 0 Å². The molecule has 0 atom stereocenters. The van der Waals surface area contributed by atoms with Crippen LogP contribution in [0.1, 0.15) is 24.3 Å². The molecule has 0 amide bonds. The lowest BCUT2D eigenvalue weighted by atomic mass is 10.2. The van der Waals surface area contributed by atoms with Gasteiger partial charge in [-0.15, -0.1) is 11.3 Å². The fourth-order valence-corrected chi connectivity index (χ4v) is 2.22. The summed E-state index contributed by atoms with van der Waals surface area (Å²) in [6.45, 7) is 5.56. The second-order valence-electron chi connectivity index (χ2n) is 4.77. The van der Waals surface area contributed by atoms with Gasteiger partial charge in [0.15, 0.2) is 0 Å². The zero-order valence-electron chi connectivity index (χ0n) is 12.1. The molecule has 0 spiro atoms. The van der Waals surface area contributed by atoms with E-state index in [1.165, 1.54) is 0 Å². The quantitative estimate of drug-likeness (QED) is 0.851. The van der Waals surface area contributed by atoms with Gasteiger partial charge in [0.05, 0.1) is 17.5 Å². The smallest absolute Gasteiger partial charge is 0.128 e. The minimum atomic E-state index is 0.437. The average Bonchev–Trinajstić information content (AvgIpc) is 2.96. The molecule has 0 aliphatic carbocycles. The molecule has 0 aliphatic rings. The molecular weight excluding hydrogens is 272 g/mol. The summed E-state index contributed by atoms with van der Waals surface area (Å²) >= 11 is 1.59. The van der Waals surface area contributed by atoms with Crippen molar-refractivity contribution in [3.8, 4) is 11.5 Å². The number of hydrogen-bond donors (Lipinski definition) is 1. The van der Waals surface area contributed by atoms with Gasteiger partial charge in [0.2, 0.25) is 0 Å². The Morgan fingerprint density at radius 1 is 1.35 bits per heavy atom. The number of rotatable bonds is 7. The maximum atomic E-state index is 5.91. The number of thiazole rings is 1. The van der Waals surface area contributed by atoms with E-state index in [1.54, 1.807) is 18.4 Å². The second kappa shape index (κ2) is 7.26. The van der Waals surface area contributed by atoms with Gasteiger partial charge in [0.25, 0.3) is 0 Å². The number of aromatic nitrogens is 1. The van der Waals surface area contributed by atoms with Gasteiger partial charge in [-0.1, -0.05) is 19.9 Å². The fraction of sp³-hybridized carbons (Fsp3) is 0.400. The lowest BCUT2D eigenvalue weighted by Gasteiger charge is -2.14. The monoisotopic (exact) mass is 292 g/mol. The normalized spacial score (nSPS) is 10.8. The lowest BCUT2D eigenvalue weighted by Crippen LogP contribution is -2.22. The van der Waals surface area contributed by atoms with E-state index in [1.807, 2.05) is 29.9 Å². The fourth-order valence-electron chi connectivity index (χ4n) is 1.72. The van der Waals surface area contributed by atoms with E-state index in [9.17, 15) is 0 Å². The summed E-state index contributed by atoms with van der Waals surface area (Å²) in [5.74, 6) is 1.66. The van der Waals surface area contributed by atoms with Crippen LogP contribution >= 0.6 is 11.3 Å². The summed E-state index contributed by atoms with van der Waals surface area (Å²) in [6, 6.07) is 6.36. The highest BCUT2D eigenvalue weighted by Gasteiger charge is 2.07. The van der Waals surface area contributed by atoms with Crippen molar-refractivity contribution >= 4 is 11.3 Å². The number of hydrogen-bond acceptors (Lipinski definition) is 5. The van der Waals surface area contributed by atoms with Crippen molar-refractivity contribution in [3.05, 3.63) is 40.3 Å². The van der Waals surface area contributed by atoms with Crippen molar-refractivity contribution in [2.45, 2.75) is 33.0 Å². The SMILES string of the molecule is COc1ccc(CNC(C)C)c(OCc2cncs2)c1. The Labute approximate surface area is 123 Å². The van der Waals surface area contributed by atoms with E-state index in [0.717, 1.165) is 28.5 Å². The predicted molar refractivity (Wildman–Crippen MR) is 81.4 cm³/mol. The molecule has 0 aliphatic heterocycles. The van der Waals surface area contributed by atoms with Gasteiger partial charge < -0.3 is 14.8 Å². The van der Waals surface area contributed by atoms with Gasteiger partial charge in [-0.3, -0.25) is 4.98 Å². The van der Waals surface area contributed by atoms with Crippen LogP contribution < -0.4 is 14.8 Å². The lowest BCUT2D eigenvalue weighted by molar-refractivity contribution is 0.302. The largest absolute Gasteiger partial charge is 0.497 e. The predicted octanol–water partition coefficient (Wildman–Crippen LogP) is 3.23. The number of nitrogens with zero attached hydrogens (tertiary/aromatic N) is 1. The van der Waals surface area contributed by atoms with Crippen molar-refractivity contribution in [3.63, 3.8) is 0 Å². The first-order valence-electron chi connectivity index (χ1n) is 6.59. The standard InChI is InChI=1S/C15H20N2O2S/c1-11(2)17-7-12-4-5-13(18-3)6-15(12)19-9-14-8-16-10-20-14/h4-6,8,10-11,17H,7,9H2,1-3H3. The van der Waals surface area contributed by atoms with Crippen LogP contribution in [-0.2, 0) is 13.2 Å². The summed E-state index contributed by atoms with van der Waals surface area (Å²) in [4.78, 5) is 5.16. The first kappa shape index (κ1) is 14.8. The Hall–Kier alpha value is -1.59. The Morgan fingerprint density at radius 3 is 2.85 bits per heavy atom. The zero-order valence-corrected chi connectivity index (χ0v) is 12.9. The molecule has 1 N–H and O–H groups in total. The van der Waals surface area contributed by atoms with E-state index in [0.29, 0.717) is 12.6 Å². The number of methoxy groups -OCH3 is 1. The van der Waals surface area contributed by atoms with Crippen LogP contribution in [0, 0.1) is 0 Å². The maximum Gasteiger partial charge on any atom is 0.128 e. The van der Waals surface area contributed by atoms with Crippen LogP contribution in [0.25, 0.3) is 0 Å². The Kier molecular flexibility index (Phi) is 5.38. The van der Waals surface area contributed by atoms with Crippen molar-refractivity contribution in [1.29, 1.82) is 0 Å². The topological polar surface area (TPSA) is 43.4 Å². The molecule has 1 heterocycles. The summed E-state index contributed by atoms with van der Waals surface area (Å²) in [6.07, 6.45) is 1.83. The summed E-state index contributed by atoms with van der Waals surface area (Å²) in [5.41, 5.74) is 2.94. The molecular formula is C15H20N2O2S.